The van der Waals surface area contributed by atoms with E-state index in [1.165, 1.54) is 0 Å². The van der Waals surface area contributed by atoms with Gasteiger partial charge in [-0.05, 0) is 37.6 Å². The first-order valence-corrected chi connectivity index (χ1v) is 5.50. The molecule has 2 aromatic rings. The van der Waals surface area contributed by atoms with Gasteiger partial charge in [-0.25, -0.2) is 0 Å². The Hall–Kier alpha value is -2.37. The molecule has 6 nitrogen and oxygen atoms in total. The Morgan fingerprint density at radius 2 is 2.22 bits per heavy atom. The minimum absolute atomic E-state index is 0.191. The minimum Gasteiger partial charge on any atom is -0.399 e. The highest BCUT2D eigenvalue weighted by atomic mass is 16.5. The van der Waals surface area contributed by atoms with Crippen LogP contribution < -0.4 is 11.1 Å². The molecule has 1 aromatic heterocycles. The second-order valence-corrected chi connectivity index (χ2v) is 3.99. The largest absolute Gasteiger partial charge is 0.399 e. The van der Waals surface area contributed by atoms with Crippen LogP contribution in [0.2, 0.25) is 0 Å². The maximum Gasteiger partial charge on any atom is 0.251 e. The quantitative estimate of drug-likeness (QED) is 0.793. The van der Waals surface area contributed by atoms with Crippen LogP contribution in [0.1, 0.15) is 27.6 Å². The average Bonchev–Trinajstić information content (AvgIpc) is 2.72. The van der Waals surface area contributed by atoms with Crippen molar-refractivity contribution in [2.75, 3.05) is 5.73 Å². The predicted octanol–water partition coefficient (Wildman–Crippen LogP) is 1.20. The molecule has 0 atom stereocenters. The number of nitrogen functional groups attached to an aromatic ring is 1. The number of rotatable bonds is 3. The van der Waals surface area contributed by atoms with Gasteiger partial charge in [0.15, 0.2) is 5.82 Å². The van der Waals surface area contributed by atoms with E-state index in [9.17, 15) is 4.79 Å². The molecule has 0 spiro atoms. The van der Waals surface area contributed by atoms with Crippen LogP contribution in [0.3, 0.4) is 0 Å². The van der Waals surface area contributed by atoms with Crippen LogP contribution in [-0.4, -0.2) is 16.0 Å². The summed E-state index contributed by atoms with van der Waals surface area (Å²) in [6.07, 6.45) is 0. The van der Waals surface area contributed by atoms with Crippen LogP contribution in [0.25, 0.3) is 0 Å². The monoisotopic (exact) mass is 246 g/mol. The highest BCUT2D eigenvalue weighted by Gasteiger charge is 2.10. The van der Waals surface area contributed by atoms with Crippen molar-refractivity contribution in [1.82, 2.24) is 15.5 Å². The number of nitrogens with one attached hydrogen (secondary N) is 1. The molecule has 0 radical (unpaired) electrons. The molecule has 2 rings (SSSR count). The molecule has 0 saturated carbocycles. The lowest BCUT2D eigenvalue weighted by molar-refractivity contribution is 0.0945. The van der Waals surface area contributed by atoms with Gasteiger partial charge in [0.1, 0.15) is 0 Å². The van der Waals surface area contributed by atoms with Crippen LogP contribution in [-0.2, 0) is 6.54 Å². The normalized spacial score (nSPS) is 10.3. The fourth-order valence-corrected chi connectivity index (χ4v) is 1.60. The molecule has 0 saturated heterocycles. The Kier molecular flexibility index (Phi) is 3.27. The number of amides is 1. The van der Waals surface area contributed by atoms with E-state index in [0.29, 0.717) is 23.0 Å². The Bertz CT molecular complexity index is 577. The van der Waals surface area contributed by atoms with Gasteiger partial charge in [-0.2, -0.15) is 4.98 Å². The van der Waals surface area contributed by atoms with Crippen LogP contribution in [0.5, 0.6) is 0 Å². The number of aryl methyl sites for hydroxylation is 2. The highest BCUT2D eigenvalue weighted by molar-refractivity contribution is 5.95. The summed E-state index contributed by atoms with van der Waals surface area (Å²) in [5.41, 5.74) is 7.68. The highest BCUT2D eigenvalue weighted by Crippen LogP contribution is 2.12. The molecule has 0 aliphatic carbocycles. The Morgan fingerprint density at radius 3 is 2.83 bits per heavy atom. The summed E-state index contributed by atoms with van der Waals surface area (Å²) >= 11 is 0. The second-order valence-electron chi connectivity index (χ2n) is 3.99. The third kappa shape index (κ3) is 2.65. The van der Waals surface area contributed by atoms with E-state index in [2.05, 4.69) is 15.5 Å². The molecule has 3 N–H and O–H groups in total. The smallest absolute Gasteiger partial charge is 0.251 e. The summed E-state index contributed by atoms with van der Waals surface area (Å²) in [5, 5.41) is 6.36. The van der Waals surface area contributed by atoms with Gasteiger partial charge in [-0.3, -0.25) is 4.79 Å². The molecular weight excluding hydrogens is 232 g/mol. The van der Waals surface area contributed by atoms with Gasteiger partial charge in [-0.1, -0.05) is 5.16 Å². The number of nitrogens with zero attached hydrogens (tertiary/aromatic N) is 2. The third-order valence-electron chi connectivity index (χ3n) is 2.46. The summed E-state index contributed by atoms with van der Waals surface area (Å²) in [6, 6.07) is 5.14. The Labute approximate surface area is 104 Å². The number of carbonyl (C=O) groups is 1. The molecule has 94 valence electrons. The van der Waals surface area contributed by atoms with Crippen molar-refractivity contribution in [2.24, 2.45) is 0 Å². The van der Waals surface area contributed by atoms with E-state index in [1.807, 2.05) is 6.92 Å². The molecule has 0 unspecified atom stereocenters. The van der Waals surface area contributed by atoms with E-state index < -0.39 is 0 Å². The molecule has 0 aliphatic rings. The van der Waals surface area contributed by atoms with Crippen LogP contribution in [0, 0.1) is 13.8 Å². The molecule has 1 heterocycles. The fourth-order valence-electron chi connectivity index (χ4n) is 1.60. The average molecular weight is 246 g/mol. The van der Waals surface area contributed by atoms with Crippen LogP contribution in [0.15, 0.2) is 22.7 Å². The molecule has 0 aliphatic heterocycles. The topological polar surface area (TPSA) is 94.0 Å². The Balaban J connectivity index is 2.03. The summed E-state index contributed by atoms with van der Waals surface area (Å²) in [5.74, 6) is 0.736. The number of nitrogens with two attached hydrogens (primary N) is 1. The van der Waals surface area contributed by atoms with Gasteiger partial charge in [-0.15, -0.1) is 0 Å². The molecular formula is C12H14N4O2. The number of anilines is 1. The number of carbonyl (C=O) groups excluding carboxylic acids is 1. The summed E-state index contributed by atoms with van der Waals surface area (Å²) in [4.78, 5) is 15.9. The van der Waals surface area contributed by atoms with E-state index >= 15 is 0 Å². The fraction of sp³-hybridized carbons (Fsp3) is 0.250. The first-order chi connectivity index (χ1) is 8.56. The summed E-state index contributed by atoms with van der Waals surface area (Å²) in [7, 11) is 0. The van der Waals surface area contributed by atoms with Crippen molar-refractivity contribution in [1.29, 1.82) is 0 Å². The van der Waals surface area contributed by atoms with Gasteiger partial charge < -0.3 is 15.6 Å². The molecule has 18 heavy (non-hydrogen) atoms. The zero-order valence-corrected chi connectivity index (χ0v) is 10.2. The minimum atomic E-state index is -0.191. The maximum absolute atomic E-state index is 11.9. The maximum atomic E-state index is 11.9. The van der Waals surface area contributed by atoms with Gasteiger partial charge in [0.2, 0.25) is 5.89 Å². The number of aromatic nitrogens is 2. The van der Waals surface area contributed by atoms with Crippen LogP contribution >= 0.6 is 0 Å². The van der Waals surface area contributed by atoms with Crippen molar-refractivity contribution < 1.29 is 9.32 Å². The zero-order chi connectivity index (χ0) is 13.1. The lowest BCUT2D eigenvalue weighted by Gasteiger charge is -2.06. The molecule has 6 heteroatoms. The van der Waals surface area contributed by atoms with E-state index in [-0.39, 0.29) is 12.5 Å². The van der Waals surface area contributed by atoms with Crippen molar-refractivity contribution in [3.05, 3.63) is 41.0 Å². The zero-order valence-electron chi connectivity index (χ0n) is 10.2. The van der Waals surface area contributed by atoms with Crippen molar-refractivity contribution in [2.45, 2.75) is 20.4 Å². The lowest BCUT2D eigenvalue weighted by Crippen LogP contribution is -2.23. The first kappa shape index (κ1) is 12.1. The summed E-state index contributed by atoms with van der Waals surface area (Å²) < 4.78 is 4.90. The SMILES string of the molecule is Cc1noc(CNC(=O)c2ccc(N)cc2C)n1. The van der Waals surface area contributed by atoms with Gasteiger partial charge in [0.25, 0.3) is 5.91 Å². The van der Waals surface area contributed by atoms with Crippen molar-refractivity contribution >= 4 is 11.6 Å². The molecule has 0 bridgehead atoms. The van der Waals surface area contributed by atoms with E-state index in [1.54, 1.807) is 25.1 Å². The van der Waals surface area contributed by atoms with Gasteiger partial charge >= 0.3 is 0 Å². The van der Waals surface area contributed by atoms with Gasteiger partial charge in [0.05, 0.1) is 6.54 Å². The second kappa shape index (κ2) is 4.87. The third-order valence-corrected chi connectivity index (χ3v) is 2.46. The number of benzene rings is 1. The standard InChI is InChI=1S/C12H14N4O2/c1-7-5-9(13)3-4-10(7)12(17)14-6-11-15-8(2)16-18-11/h3-5H,6,13H2,1-2H3,(H,14,17). The molecule has 1 amide bonds. The van der Waals surface area contributed by atoms with Crippen LogP contribution in [0.4, 0.5) is 5.69 Å². The van der Waals surface area contributed by atoms with Gasteiger partial charge in [0, 0.05) is 11.3 Å². The number of hydrogen-bond donors (Lipinski definition) is 2. The van der Waals surface area contributed by atoms with Crippen molar-refractivity contribution in [3.63, 3.8) is 0 Å². The van der Waals surface area contributed by atoms with Crippen molar-refractivity contribution in [3.8, 4) is 0 Å². The molecule has 0 fully saturated rings. The summed E-state index contributed by atoms with van der Waals surface area (Å²) in [6.45, 7) is 3.77. The first-order valence-electron chi connectivity index (χ1n) is 5.50. The number of hydrogen-bond acceptors (Lipinski definition) is 5. The van der Waals surface area contributed by atoms with E-state index in [0.717, 1.165) is 5.56 Å². The molecule has 1 aromatic carbocycles. The van der Waals surface area contributed by atoms with E-state index in [4.69, 9.17) is 10.3 Å². The lowest BCUT2D eigenvalue weighted by atomic mass is 10.1. The predicted molar refractivity (Wildman–Crippen MR) is 65.8 cm³/mol. The Morgan fingerprint density at radius 1 is 1.44 bits per heavy atom.